The van der Waals surface area contributed by atoms with Gasteiger partial charge in [0.2, 0.25) is 0 Å². The normalized spacial score (nSPS) is 12.1. The number of aromatic nitrogens is 3. The summed E-state index contributed by atoms with van der Waals surface area (Å²) in [5.74, 6) is -0.595. The van der Waals surface area contributed by atoms with Gasteiger partial charge < -0.3 is 4.90 Å². The predicted molar refractivity (Wildman–Crippen MR) is 117 cm³/mol. The Morgan fingerprint density at radius 3 is 2.46 bits per heavy atom. The van der Waals surface area contributed by atoms with Gasteiger partial charge in [-0.1, -0.05) is 17.7 Å². The van der Waals surface area contributed by atoms with Gasteiger partial charge in [-0.25, -0.2) is 9.97 Å². The molecule has 0 saturated heterocycles. The van der Waals surface area contributed by atoms with E-state index in [1.165, 1.54) is 11.3 Å². The first kappa shape index (κ1) is 19.2. The summed E-state index contributed by atoms with van der Waals surface area (Å²) in [6.07, 6.45) is 1.64. The van der Waals surface area contributed by atoms with E-state index in [1.807, 2.05) is 25.9 Å². The molecular formula is C19H15F2IN4OS. The second-order valence-corrected chi connectivity index (χ2v) is 8.95. The largest absolute Gasteiger partial charge is 0.377 e. The Labute approximate surface area is 176 Å². The predicted octanol–water partition coefficient (Wildman–Crippen LogP) is 4.85. The SMILES string of the molecule is Cc1ccc(-n2c(C(F)(F)I)nc3c(sc4nccc(N(C)C)c43)c2=O)cc1. The van der Waals surface area contributed by atoms with Crippen molar-refractivity contribution in [1.29, 1.82) is 0 Å². The van der Waals surface area contributed by atoms with Crippen LogP contribution in [0.5, 0.6) is 0 Å². The third kappa shape index (κ3) is 3.06. The lowest BCUT2D eigenvalue weighted by Gasteiger charge is -2.17. The molecule has 0 aliphatic heterocycles. The molecule has 0 atom stereocenters. The van der Waals surface area contributed by atoms with Crippen molar-refractivity contribution in [3.63, 3.8) is 0 Å². The molecule has 0 saturated carbocycles. The number of hydrogen-bond donors (Lipinski definition) is 0. The van der Waals surface area contributed by atoms with Crippen LogP contribution in [0.4, 0.5) is 14.5 Å². The lowest BCUT2D eigenvalue weighted by atomic mass is 10.2. The number of thiophene rings is 1. The Bertz CT molecular complexity index is 1260. The van der Waals surface area contributed by atoms with E-state index in [4.69, 9.17) is 0 Å². The zero-order valence-electron chi connectivity index (χ0n) is 15.2. The second-order valence-electron chi connectivity index (χ2n) is 6.59. The third-order valence-corrected chi connectivity index (χ3v) is 5.96. The highest BCUT2D eigenvalue weighted by atomic mass is 127. The van der Waals surface area contributed by atoms with Crippen molar-refractivity contribution >= 4 is 60.0 Å². The molecule has 0 bridgehead atoms. The van der Waals surface area contributed by atoms with Crippen LogP contribution in [0.3, 0.4) is 0 Å². The molecule has 0 radical (unpaired) electrons. The highest BCUT2D eigenvalue weighted by Crippen LogP contribution is 2.39. The fraction of sp³-hybridized carbons (Fsp3) is 0.211. The molecule has 0 aliphatic rings. The molecule has 1 aromatic carbocycles. The number of nitrogens with zero attached hydrogens (tertiary/aromatic N) is 4. The summed E-state index contributed by atoms with van der Waals surface area (Å²) in [7, 11) is 3.69. The van der Waals surface area contributed by atoms with Crippen molar-refractivity contribution in [3.05, 3.63) is 58.3 Å². The van der Waals surface area contributed by atoms with Crippen molar-refractivity contribution in [2.45, 2.75) is 10.9 Å². The minimum atomic E-state index is -3.33. The number of fused-ring (bicyclic) bond motifs is 3. The minimum Gasteiger partial charge on any atom is -0.377 e. The average Bonchev–Trinajstić information content (AvgIpc) is 3.01. The van der Waals surface area contributed by atoms with Gasteiger partial charge in [0.1, 0.15) is 15.0 Å². The number of rotatable bonds is 3. The highest BCUT2D eigenvalue weighted by molar-refractivity contribution is 14.1. The van der Waals surface area contributed by atoms with Crippen LogP contribution < -0.4 is 10.5 Å². The van der Waals surface area contributed by atoms with E-state index in [1.54, 1.807) is 36.5 Å². The number of aryl methyl sites for hydroxylation is 1. The average molecular weight is 512 g/mol. The molecule has 9 heteroatoms. The Morgan fingerprint density at radius 1 is 1.18 bits per heavy atom. The van der Waals surface area contributed by atoms with Gasteiger partial charge in [0, 0.05) is 42.9 Å². The fourth-order valence-corrected chi connectivity index (χ4v) is 4.49. The van der Waals surface area contributed by atoms with Gasteiger partial charge >= 0.3 is 3.93 Å². The summed E-state index contributed by atoms with van der Waals surface area (Å²) >= 11 is 2.19. The van der Waals surface area contributed by atoms with Crippen LogP contribution in [0.25, 0.3) is 26.1 Å². The lowest BCUT2D eigenvalue weighted by molar-refractivity contribution is 0.113. The molecule has 0 amide bonds. The molecule has 28 heavy (non-hydrogen) atoms. The van der Waals surface area contributed by atoms with Crippen LogP contribution in [0.2, 0.25) is 0 Å². The smallest absolute Gasteiger partial charge is 0.353 e. The molecule has 0 unspecified atom stereocenters. The van der Waals surface area contributed by atoms with Gasteiger partial charge in [-0.3, -0.25) is 9.36 Å². The van der Waals surface area contributed by atoms with E-state index in [0.717, 1.165) is 38.4 Å². The second kappa shape index (κ2) is 6.73. The van der Waals surface area contributed by atoms with Crippen molar-refractivity contribution in [2.75, 3.05) is 19.0 Å². The van der Waals surface area contributed by atoms with Crippen LogP contribution >= 0.6 is 33.9 Å². The summed E-state index contributed by atoms with van der Waals surface area (Å²) < 4.78 is 27.0. The summed E-state index contributed by atoms with van der Waals surface area (Å²) in [6.45, 7) is 1.89. The number of anilines is 1. The zero-order chi connectivity index (χ0) is 20.2. The molecule has 0 N–H and O–H groups in total. The van der Waals surface area contributed by atoms with Gasteiger partial charge in [0.25, 0.3) is 5.56 Å². The lowest BCUT2D eigenvalue weighted by Crippen LogP contribution is -2.27. The van der Waals surface area contributed by atoms with E-state index < -0.39 is 15.3 Å². The third-order valence-electron chi connectivity index (χ3n) is 4.40. The molecule has 3 heterocycles. The summed E-state index contributed by atoms with van der Waals surface area (Å²) in [6, 6.07) is 8.62. The van der Waals surface area contributed by atoms with Gasteiger partial charge in [0.15, 0.2) is 5.82 Å². The molecule has 4 rings (SSSR count). The van der Waals surface area contributed by atoms with Crippen molar-refractivity contribution in [2.24, 2.45) is 0 Å². The van der Waals surface area contributed by atoms with Crippen LogP contribution in [0.1, 0.15) is 11.4 Å². The Balaban J connectivity index is 2.18. The summed E-state index contributed by atoms with van der Waals surface area (Å²) in [5.41, 5.74) is 1.84. The maximum Gasteiger partial charge on any atom is 0.353 e. The Kier molecular flexibility index (Phi) is 4.61. The fourth-order valence-electron chi connectivity index (χ4n) is 3.09. The molecule has 0 aliphatic carbocycles. The zero-order valence-corrected chi connectivity index (χ0v) is 18.2. The molecule has 3 aromatic heterocycles. The van der Waals surface area contributed by atoms with Crippen molar-refractivity contribution in [3.8, 4) is 5.69 Å². The quantitative estimate of drug-likeness (QED) is 0.291. The van der Waals surface area contributed by atoms with Gasteiger partial charge in [-0.2, -0.15) is 8.78 Å². The number of hydrogen-bond acceptors (Lipinski definition) is 5. The van der Waals surface area contributed by atoms with Crippen LogP contribution in [-0.4, -0.2) is 28.6 Å². The minimum absolute atomic E-state index is 0.261. The van der Waals surface area contributed by atoms with E-state index in [9.17, 15) is 13.6 Å². The van der Waals surface area contributed by atoms with Gasteiger partial charge in [-0.15, -0.1) is 11.3 Å². The van der Waals surface area contributed by atoms with Crippen LogP contribution in [0, 0.1) is 6.92 Å². The summed E-state index contributed by atoms with van der Waals surface area (Å²) in [4.78, 5) is 24.3. The van der Waals surface area contributed by atoms with E-state index in [2.05, 4.69) is 9.97 Å². The maximum absolute atomic E-state index is 14.5. The van der Waals surface area contributed by atoms with E-state index in [0.29, 0.717) is 20.6 Å². The maximum atomic E-state index is 14.5. The first-order valence-corrected chi connectivity index (χ1v) is 10.2. The molecular weight excluding hydrogens is 497 g/mol. The first-order valence-electron chi connectivity index (χ1n) is 8.34. The highest BCUT2D eigenvalue weighted by Gasteiger charge is 2.35. The monoisotopic (exact) mass is 512 g/mol. The first-order chi connectivity index (χ1) is 13.2. The summed E-state index contributed by atoms with van der Waals surface area (Å²) in [5, 5.41) is 0.613. The molecule has 0 fully saturated rings. The van der Waals surface area contributed by atoms with E-state index in [-0.39, 0.29) is 5.52 Å². The molecule has 4 aromatic rings. The standard InChI is InChI=1S/C19H15F2IN4OS/c1-10-4-6-11(7-5-10)26-17(27)15-14(24-18(26)19(20,21)22)13-12(25(2)3)8-9-23-16(13)28-15/h4-9H,1-3H3. The Morgan fingerprint density at radius 2 is 1.86 bits per heavy atom. The topological polar surface area (TPSA) is 51.0 Å². The van der Waals surface area contributed by atoms with Crippen LogP contribution in [0.15, 0.2) is 41.3 Å². The molecule has 0 spiro atoms. The number of halogens is 3. The Hall–Kier alpha value is -2.14. The van der Waals surface area contributed by atoms with Gasteiger partial charge in [0.05, 0.1) is 16.8 Å². The molecule has 5 nitrogen and oxygen atoms in total. The van der Waals surface area contributed by atoms with Crippen LogP contribution in [-0.2, 0) is 3.93 Å². The van der Waals surface area contributed by atoms with Crippen molar-refractivity contribution < 1.29 is 8.78 Å². The number of benzene rings is 1. The molecule has 144 valence electrons. The number of pyridine rings is 1. The number of alkyl halides is 3. The van der Waals surface area contributed by atoms with E-state index >= 15 is 0 Å². The van der Waals surface area contributed by atoms with Gasteiger partial charge in [-0.05, 0) is 25.1 Å². The van der Waals surface area contributed by atoms with Crippen molar-refractivity contribution in [1.82, 2.24) is 14.5 Å².